The Morgan fingerprint density at radius 1 is 0.571 bits per heavy atom. The third kappa shape index (κ3) is 6.26. The Bertz CT molecular complexity index is 658. The Labute approximate surface area is 241 Å². The molecule has 3 aliphatic rings. The molecule has 0 radical (unpaired) electrons. The van der Waals surface area contributed by atoms with E-state index in [1.807, 2.05) is 0 Å². The molecule has 14 atom stereocenters. The number of rotatable bonds is 8. The molecule has 0 spiro atoms. The summed E-state index contributed by atoms with van der Waals surface area (Å²) < 4.78 is 27.0. The number of aliphatic hydroxyl groups is 11. The van der Waals surface area contributed by atoms with Gasteiger partial charge in [0.25, 0.3) is 0 Å². The van der Waals surface area contributed by atoms with E-state index in [4.69, 9.17) is 23.7 Å². The van der Waals surface area contributed by atoms with E-state index in [1.165, 1.54) is 0 Å². The van der Waals surface area contributed by atoms with Crippen molar-refractivity contribution in [3.8, 4) is 0 Å². The van der Waals surface area contributed by atoms with Gasteiger partial charge in [-0.25, -0.2) is 0 Å². The summed E-state index contributed by atoms with van der Waals surface area (Å²) >= 11 is 0. The van der Waals surface area contributed by atoms with Crippen molar-refractivity contribution in [2.45, 2.75) is 85.5 Å². The molecule has 0 bridgehead atoms. The van der Waals surface area contributed by atoms with Gasteiger partial charge >= 0.3 is 51.4 Å². The molecule has 3 rings (SSSR count). The monoisotopic (exact) mass is 544 g/mol. The standard InChI is InChI=1S/C18H32O16.K.H/c19-1-5-8(23)11(26)13(28)16(30-5)32-15-10(25)7(3-21)33-18(15,4-22)34-17-14(29)12(27)9(24)6(2-20)31-17;;/h5-17,19-29H,1-4H2;;/t5-,6-,7-,8-,9-,10-,11+,12+,13-,14-,15+,16-,17-,18+;;/m1../s1. The van der Waals surface area contributed by atoms with Gasteiger partial charge in [0.15, 0.2) is 12.6 Å². The molecule has 11 N–H and O–H groups in total. The predicted molar refractivity (Wildman–Crippen MR) is 108 cm³/mol. The molecular formula is C18H33KO16. The first kappa shape index (κ1) is 32.2. The number of hydrogen-bond donors (Lipinski definition) is 11. The van der Waals surface area contributed by atoms with Crippen molar-refractivity contribution in [1.82, 2.24) is 0 Å². The molecule has 0 aromatic rings. The van der Waals surface area contributed by atoms with Gasteiger partial charge in [0, 0.05) is 0 Å². The Morgan fingerprint density at radius 2 is 1.03 bits per heavy atom. The van der Waals surface area contributed by atoms with Crippen LogP contribution in [0, 0.1) is 0 Å². The van der Waals surface area contributed by atoms with Crippen LogP contribution in [0.3, 0.4) is 0 Å². The van der Waals surface area contributed by atoms with E-state index < -0.39 is 112 Å². The van der Waals surface area contributed by atoms with Crippen LogP contribution in [0.5, 0.6) is 0 Å². The Balaban J connectivity index is 0.00000432. The van der Waals surface area contributed by atoms with Crippen LogP contribution in [0.4, 0.5) is 0 Å². The summed E-state index contributed by atoms with van der Waals surface area (Å²) in [5.41, 5.74) is 0. The second kappa shape index (κ2) is 13.4. The van der Waals surface area contributed by atoms with Gasteiger partial charge in [-0.2, -0.15) is 0 Å². The first-order valence-corrected chi connectivity index (χ1v) is 10.6. The predicted octanol–water partition coefficient (Wildman–Crippen LogP) is -8.22. The van der Waals surface area contributed by atoms with Crippen molar-refractivity contribution >= 4 is 51.4 Å². The Kier molecular flexibility index (Phi) is 12.3. The molecule has 3 heterocycles. The quantitative estimate of drug-likeness (QED) is 0.127. The van der Waals surface area contributed by atoms with Crippen LogP contribution in [-0.2, 0) is 23.7 Å². The second-order valence-corrected chi connectivity index (χ2v) is 8.37. The van der Waals surface area contributed by atoms with E-state index in [9.17, 15) is 56.2 Å². The molecule has 16 nitrogen and oxygen atoms in total. The third-order valence-corrected chi connectivity index (χ3v) is 6.17. The van der Waals surface area contributed by atoms with Crippen LogP contribution in [-0.4, -0.2) is 219 Å². The zero-order valence-electron chi connectivity index (χ0n) is 17.8. The molecular weight excluding hydrogens is 511 g/mol. The summed E-state index contributed by atoms with van der Waals surface area (Å²) in [6, 6.07) is 0. The Morgan fingerprint density at radius 3 is 1.49 bits per heavy atom. The number of ether oxygens (including phenoxy) is 5. The molecule has 17 heteroatoms. The molecule has 3 aliphatic heterocycles. The van der Waals surface area contributed by atoms with Crippen molar-refractivity contribution in [2.75, 3.05) is 26.4 Å². The first-order valence-electron chi connectivity index (χ1n) is 10.6. The summed E-state index contributed by atoms with van der Waals surface area (Å²) in [5, 5.41) is 109. The second-order valence-electron chi connectivity index (χ2n) is 8.37. The van der Waals surface area contributed by atoms with Crippen molar-refractivity contribution in [2.24, 2.45) is 0 Å². The van der Waals surface area contributed by atoms with Crippen LogP contribution in [0.25, 0.3) is 0 Å². The molecule has 0 unspecified atom stereocenters. The van der Waals surface area contributed by atoms with Gasteiger partial charge in [0.05, 0.1) is 19.8 Å². The third-order valence-electron chi connectivity index (χ3n) is 6.17. The van der Waals surface area contributed by atoms with Gasteiger partial charge in [-0.1, -0.05) is 0 Å². The normalized spacial score (nSPS) is 50.7. The zero-order valence-corrected chi connectivity index (χ0v) is 17.8. The zero-order chi connectivity index (χ0) is 25.4. The fourth-order valence-electron chi connectivity index (χ4n) is 4.12. The van der Waals surface area contributed by atoms with Crippen LogP contribution in [0.2, 0.25) is 0 Å². The first-order chi connectivity index (χ1) is 16.0. The van der Waals surface area contributed by atoms with Gasteiger partial charge in [0.1, 0.15) is 73.8 Å². The van der Waals surface area contributed by atoms with Crippen molar-refractivity contribution in [3.63, 3.8) is 0 Å². The summed E-state index contributed by atoms with van der Waals surface area (Å²) in [7, 11) is 0. The van der Waals surface area contributed by atoms with Crippen LogP contribution >= 0.6 is 0 Å². The summed E-state index contributed by atoms with van der Waals surface area (Å²) in [6.45, 7) is -3.49. The molecule has 0 saturated carbocycles. The molecule has 3 fully saturated rings. The average Bonchev–Trinajstić information content (AvgIpc) is 3.10. The molecule has 35 heavy (non-hydrogen) atoms. The SMILES string of the molecule is OC[C@H]1O[C@@](CO)(O[C@H]2O[C@H](CO)[C@@H](O)[C@H](O)[C@H]2O)[C@@H](O[C@H]2O[C@H](CO)[C@@H](O)[C@H](O)[C@H]2O)[C@@H]1O.[KH]. The molecule has 0 aromatic heterocycles. The van der Waals surface area contributed by atoms with Gasteiger partial charge in [-0.15, -0.1) is 0 Å². The van der Waals surface area contributed by atoms with Crippen molar-refractivity contribution < 1.29 is 79.9 Å². The summed E-state index contributed by atoms with van der Waals surface area (Å²) in [5.74, 6) is -2.43. The van der Waals surface area contributed by atoms with E-state index >= 15 is 0 Å². The van der Waals surface area contributed by atoms with Gasteiger partial charge < -0.3 is 79.9 Å². The molecule has 3 saturated heterocycles. The topological polar surface area (TPSA) is 269 Å². The maximum absolute atomic E-state index is 10.6. The van der Waals surface area contributed by atoms with Crippen LogP contribution < -0.4 is 0 Å². The van der Waals surface area contributed by atoms with E-state index in [-0.39, 0.29) is 51.4 Å². The minimum atomic E-state index is -2.43. The van der Waals surface area contributed by atoms with Gasteiger partial charge in [-0.05, 0) is 0 Å². The summed E-state index contributed by atoms with van der Waals surface area (Å²) in [4.78, 5) is 0. The van der Waals surface area contributed by atoms with E-state index in [0.29, 0.717) is 0 Å². The van der Waals surface area contributed by atoms with E-state index in [0.717, 1.165) is 0 Å². The molecule has 0 aliphatic carbocycles. The van der Waals surface area contributed by atoms with Gasteiger partial charge in [-0.3, -0.25) is 0 Å². The minimum absolute atomic E-state index is 0. The number of hydrogen-bond acceptors (Lipinski definition) is 16. The van der Waals surface area contributed by atoms with Crippen molar-refractivity contribution in [1.29, 1.82) is 0 Å². The van der Waals surface area contributed by atoms with E-state index in [2.05, 4.69) is 0 Å². The molecule has 0 amide bonds. The van der Waals surface area contributed by atoms with Gasteiger partial charge in [0.2, 0.25) is 5.79 Å². The maximum atomic E-state index is 10.6. The molecule has 0 aromatic carbocycles. The Hall–Kier alpha value is 0.996. The van der Waals surface area contributed by atoms with Crippen molar-refractivity contribution in [3.05, 3.63) is 0 Å². The summed E-state index contributed by atoms with van der Waals surface area (Å²) in [6.07, 6.45) is -22.3. The van der Waals surface area contributed by atoms with Crippen LogP contribution in [0.15, 0.2) is 0 Å². The fraction of sp³-hybridized carbons (Fsp3) is 1.00. The molecule has 202 valence electrons. The van der Waals surface area contributed by atoms with Crippen LogP contribution in [0.1, 0.15) is 0 Å². The average molecular weight is 545 g/mol. The fourth-order valence-corrected chi connectivity index (χ4v) is 4.12. The van der Waals surface area contributed by atoms with E-state index in [1.54, 1.807) is 0 Å². The number of aliphatic hydroxyl groups excluding tert-OH is 11.